The van der Waals surface area contributed by atoms with E-state index in [4.69, 9.17) is 0 Å². The number of rotatable bonds is 5. The number of alkyl halides is 3. The lowest BCUT2D eigenvalue weighted by Gasteiger charge is -2.25. The van der Waals surface area contributed by atoms with E-state index in [9.17, 15) is 18.0 Å². The molecule has 0 spiro atoms. The van der Waals surface area contributed by atoms with Crippen LogP contribution in [0.15, 0.2) is 6.20 Å². The third kappa shape index (κ3) is 6.46. The van der Waals surface area contributed by atoms with Crippen LogP contribution in [0.2, 0.25) is 0 Å². The highest BCUT2D eigenvalue weighted by Crippen LogP contribution is 2.23. The molecule has 0 aromatic carbocycles. The fourth-order valence-corrected chi connectivity index (χ4v) is 3.14. The van der Waals surface area contributed by atoms with Gasteiger partial charge in [-0.05, 0) is 26.7 Å². The predicted octanol–water partition coefficient (Wildman–Crippen LogP) is 4.08. The van der Waals surface area contributed by atoms with E-state index in [1.807, 2.05) is 6.92 Å². The zero-order valence-electron chi connectivity index (χ0n) is 15.4. The van der Waals surface area contributed by atoms with E-state index in [2.05, 4.69) is 20.2 Å². The highest BCUT2D eigenvalue weighted by Gasteiger charge is 2.28. The number of carbonyl (C=O) groups is 1. The van der Waals surface area contributed by atoms with E-state index in [1.165, 1.54) is 19.3 Å². The Bertz CT molecular complexity index is 599. The summed E-state index contributed by atoms with van der Waals surface area (Å²) in [7, 11) is 0. The average molecular weight is 372 g/mol. The predicted molar refractivity (Wildman–Crippen MR) is 93.9 cm³/mol. The fourth-order valence-electron chi connectivity index (χ4n) is 3.14. The summed E-state index contributed by atoms with van der Waals surface area (Å²) in [6.45, 7) is 5.43. The number of halogens is 3. The monoisotopic (exact) mass is 372 g/mol. The largest absolute Gasteiger partial charge is 0.389 e. The second-order valence-electron chi connectivity index (χ2n) is 6.87. The Morgan fingerprint density at radius 3 is 2.42 bits per heavy atom. The minimum Gasteiger partial charge on any atom is -0.349 e. The molecule has 2 heterocycles. The van der Waals surface area contributed by atoms with Crippen LogP contribution in [-0.4, -0.2) is 35.1 Å². The maximum absolute atomic E-state index is 12.2. The van der Waals surface area contributed by atoms with Gasteiger partial charge in [0, 0.05) is 37.0 Å². The van der Waals surface area contributed by atoms with Gasteiger partial charge in [-0.15, -0.1) is 0 Å². The molecule has 1 aliphatic rings. The Morgan fingerprint density at radius 2 is 1.85 bits per heavy atom. The Hall–Kier alpha value is -1.86. The van der Waals surface area contributed by atoms with Crippen molar-refractivity contribution in [2.24, 2.45) is 0 Å². The maximum Gasteiger partial charge on any atom is 0.389 e. The zero-order valence-corrected chi connectivity index (χ0v) is 15.4. The van der Waals surface area contributed by atoms with Crippen molar-refractivity contribution in [3.63, 3.8) is 0 Å². The number of hydrogen-bond donors (Lipinski definition) is 1. The molecule has 1 aromatic heterocycles. The summed E-state index contributed by atoms with van der Waals surface area (Å²) >= 11 is 0. The van der Waals surface area contributed by atoms with Crippen molar-refractivity contribution in [1.82, 2.24) is 15.3 Å². The van der Waals surface area contributed by atoms with Gasteiger partial charge in [0.1, 0.15) is 0 Å². The van der Waals surface area contributed by atoms with Crippen LogP contribution in [0.25, 0.3) is 0 Å². The molecular formula is C18H27F3N4O. The average Bonchev–Trinajstić information content (AvgIpc) is 2.51. The number of amides is 1. The SMILES string of the molecule is Cc1nc(N2CCCCCCC2)ncc1C(C)NC(=O)CCC(F)(F)F. The molecule has 0 saturated carbocycles. The van der Waals surface area contributed by atoms with Crippen molar-refractivity contribution in [1.29, 1.82) is 0 Å². The molecule has 1 amide bonds. The standard InChI is InChI=1S/C18H27F3N4O/c1-13(23-16(26)8-9-18(19,20)21)15-12-22-17(24-14(15)2)25-10-6-4-3-5-7-11-25/h12-13H,3-11H2,1-2H3,(H,23,26). The third-order valence-electron chi connectivity index (χ3n) is 4.62. The lowest BCUT2D eigenvalue weighted by molar-refractivity contribution is -0.144. The molecule has 1 unspecified atom stereocenters. The van der Waals surface area contributed by atoms with Gasteiger partial charge in [0.15, 0.2) is 0 Å². The first kappa shape index (κ1) is 20.5. The van der Waals surface area contributed by atoms with E-state index < -0.39 is 31.0 Å². The van der Waals surface area contributed by atoms with Crippen molar-refractivity contribution in [3.8, 4) is 0 Å². The molecule has 2 rings (SSSR count). The van der Waals surface area contributed by atoms with Gasteiger partial charge >= 0.3 is 6.18 Å². The first-order valence-corrected chi connectivity index (χ1v) is 9.21. The van der Waals surface area contributed by atoms with Crippen molar-refractivity contribution in [3.05, 3.63) is 17.5 Å². The van der Waals surface area contributed by atoms with Gasteiger partial charge in [-0.2, -0.15) is 13.2 Å². The molecule has 0 bridgehead atoms. The highest BCUT2D eigenvalue weighted by atomic mass is 19.4. The number of anilines is 1. The molecule has 1 aromatic rings. The number of aryl methyl sites for hydroxylation is 1. The Morgan fingerprint density at radius 1 is 1.23 bits per heavy atom. The minimum absolute atomic E-state index is 0.433. The first-order valence-electron chi connectivity index (χ1n) is 9.21. The lowest BCUT2D eigenvalue weighted by atomic mass is 10.1. The zero-order chi connectivity index (χ0) is 19.2. The third-order valence-corrected chi connectivity index (χ3v) is 4.62. The summed E-state index contributed by atoms with van der Waals surface area (Å²) in [6.07, 6.45) is 1.61. The molecule has 8 heteroatoms. The number of nitrogens with one attached hydrogen (secondary N) is 1. The number of carbonyl (C=O) groups excluding carboxylic acids is 1. The maximum atomic E-state index is 12.2. The van der Waals surface area contributed by atoms with Crippen molar-refractivity contribution in [2.75, 3.05) is 18.0 Å². The van der Waals surface area contributed by atoms with Crippen LogP contribution in [0.4, 0.5) is 19.1 Å². The quantitative estimate of drug-likeness (QED) is 0.846. The van der Waals surface area contributed by atoms with Crippen LogP contribution in [-0.2, 0) is 4.79 Å². The smallest absolute Gasteiger partial charge is 0.349 e. The molecule has 1 N–H and O–H groups in total. The van der Waals surface area contributed by atoms with Crippen molar-refractivity contribution in [2.45, 2.75) is 71.0 Å². The van der Waals surface area contributed by atoms with Crippen molar-refractivity contribution >= 4 is 11.9 Å². The molecule has 1 aliphatic heterocycles. The number of aromatic nitrogens is 2. The summed E-state index contributed by atoms with van der Waals surface area (Å²) < 4.78 is 36.6. The Labute approximate surface area is 152 Å². The first-order chi connectivity index (χ1) is 12.3. The van der Waals surface area contributed by atoms with Crippen molar-refractivity contribution < 1.29 is 18.0 Å². The van der Waals surface area contributed by atoms with E-state index in [1.54, 1.807) is 13.1 Å². The van der Waals surface area contributed by atoms with Gasteiger partial charge in [0.25, 0.3) is 0 Å². The topological polar surface area (TPSA) is 58.1 Å². The van der Waals surface area contributed by atoms with Crippen LogP contribution >= 0.6 is 0 Å². The summed E-state index contributed by atoms with van der Waals surface area (Å²) in [5.41, 5.74) is 1.46. The summed E-state index contributed by atoms with van der Waals surface area (Å²) in [5.74, 6) is 0.0609. The van der Waals surface area contributed by atoms with E-state index in [-0.39, 0.29) is 0 Å². The molecule has 0 radical (unpaired) electrons. The normalized spacial score (nSPS) is 17.3. The van der Waals surface area contributed by atoms with Gasteiger partial charge in [0.05, 0.1) is 12.5 Å². The minimum atomic E-state index is -4.33. The fraction of sp³-hybridized carbons (Fsp3) is 0.722. The van der Waals surface area contributed by atoms with Gasteiger partial charge < -0.3 is 10.2 Å². The molecule has 0 aliphatic carbocycles. The second-order valence-corrected chi connectivity index (χ2v) is 6.87. The van der Waals surface area contributed by atoms with Gasteiger partial charge in [-0.25, -0.2) is 9.97 Å². The summed E-state index contributed by atoms with van der Waals surface area (Å²) in [4.78, 5) is 22.9. The van der Waals surface area contributed by atoms with Gasteiger partial charge in [-0.1, -0.05) is 19.3 Å². The van der Waals surface area contributed by atoms with Gasteiger partial charge in [0.2, 0.25) is 11.9 Å². The summed E-state index contributed by atoms with van der Waals surface area (Å²) in [6, 6.07) is -0.433. The Balaban J connectivity index is 1.98. The van der Waals surface area contributed by atoms with Crippen LogP contribution in [0.5, 0.6) is 0 Å². The van der Waals surface area contributed by atoms with E-state index in [0.717, 1.165) is 37.2 Å². The van der Waals surface area contributed by atoms with Crippen LogP contribution < -0.4 is 10.2 Å². The second kappa shape index (κ2) is 9.19. The van der Waals surface area contributed by atoms with Crippen LogP contribution in [0.1, 0.15) is 69.2 Å². The Kier molecular flexibility index (Phi) is 7.23. The lowest BCUT2D eigenvalue weighted by Crippen LogP contribution is -2.30. The molecule has 146 valence electrons. The molecule has 1 fully saturated rings. The molecular weight excluding hydrogens is 345 g/mol. The van der Waals surface area contributed by atoms with Crippen LogP contribution in [0.3, 0.4) is 0 Å². The van der Waals surface area contributed by atoms with E-state index in [0.29, 0.717) is 5.95 Å². The molecule has 26 heavy (non-hydrogen) atoms. The number of hydrogen-bond acceptors (Lipinski definition) is 4. The molecule has 1 atom stereocenters. The number of nitrogens with zero attached hydrogens (tertiary/aromatic N) is 3. The van der Waals surface area contributed by atoms with Gasteiger partial charge in [-0.3, -0.25) is 4.79 Å². The highest BCUT2D eigenvalue weighted by molar-refractivity contribution is 5.76. The van der Waals surface area contributed by atoms with Crippen LogP contribution in [0, 0.1) is 6.92 Å². The molecule has 1 saturated heterocycles. The van der Waals surface area contributed by atoms with E-state index >= 15 is 0 Å². The molecule has 5 nitrogen and oxygen atoms in total. The summed E-state index contributed by atoms with van der Waals surface area (Å²) in [5, 5.41) is 2.59.